The Morgan fingerprint density at radius 1 is 1.20 bits per heavy atom. The van der Waals surface area contributed by atoms with Crippen LogP contribution in [-0.4, -0.2) is 10.7 Å². The number of fused-ring (bicyclic) bond motifs is 1. The molecule has 2 aromatic rings. The molecule has 0 spiro atoms. The van der Waals surface area contributed by atoms with E-state index < -0.39 is 12.7 Å². The van der Waals surface area contributed by atoms with Crippen LogP contribution in [0.2, 0.25) is 0 Å². The predicted molar refractivity (Wildman–Crippen MR) is 52.7 cm³/mol. The number of halogens is 3. The molecule has 2 rings (SSSR count). The first-order chi connectivity index (χ1) is 6.97. The molecule has 0 aliphatic carbocycles. The molecule has 0 aliphatic heterocycles. The first-order valence-electron chi connectivity index (χ1n) is 4.58. The molecule has 0 fully saturated rings. The number of hydrogen-bond donors (Lipinski definition) is 0. The molecule has 0 N–H and O–H groups in total. The third-order valence-electron chi connectivity index (χ3n) is 2.34. The highest BCUT2D eigenvalue weighted by molar-refractivity contribution is 5.83. The normalized spacial score (nSPS) is 12.3. The minimum Gasteiger partial charge on any atom is -0.338 e. The quantitative estimate of drug-likeness (QED) is 0.683. The summed E-state index contributed by atoms with van der Waals surface area (Å²) >= 11 is 0. The Morgan fingerprint density at radius 2 is 1.87 bits per heavy atom. The maximum absolute atomic E-state index is 12.3. The molecule has 1 aromatic heterocycles. The van der Waals surface area contributed by atoms with E-state index in [0.29, 0.717) is 5.52 Å². The Kier molecular flexibility index (Phi) is 2.21. The van der Waals surface area contributed by atoms with Crippen LogP contribution >= 0.6 is 0 Å². The number of alkyl halides is 3. The van der Waals surface area contributed by atoms with Crippen molar-refractivity contribution in [2.24, 2.45) is 0 Å². The zero-order valence-electron chi connectivity index (χ0n) is 8.17. The van der Waals surface area contributed by atoms with Gasteiger partial charge in [0.2, 0.25) is 0 Å². The second-order valence-corrected chi connectivity index (χ2v) is 3.57. The number of rotatable bonds is 1. The molecule has 0 aliphatic rings. The van der Waals surface area contributed by atoms with Crippen molar-refractivity contribution in [2.75, 3.05) is 0 Å². The van der Waals surface area contributed by atoms with Crippen molar-refractivity contribution in [3.05, 3.63) is 36.0 Å². The van der Waals surface area contributed by atoms with Gasteiger partial charge in [0, 0.05) is 17.1 Å². The van der Waals surface area contributed by atoms with Crippen LogP contribution in [0.4, 0.5) is 13.2 Å². The maximum atomic E-state index is 12.3. The van der Waals surface area contributed by atoms with Gasteiger partial charge in [-0.1, -0.05) is 18.2 Å². The molecule has 1 heterocycles. The van der Waals surface area contributed by atoms with Gasteiger partial charge in [-0.25, -0.2) is 0 Å². The van der Waals surface area contributed by atoms with Crippen LogP contribution in [-0.2, 0) is 6.54 Å². The van der Waals surface area contributed by atoms with Crippen molar-refractivity contribution >= 4 is 10.9 Å². The molecule has 0 atom stereocenters. The lowest BCUT2D eigenvalue weighted by molar-refractivity contribution is -0.139. The summed E-state index contributed by atoms with van der Waals surface area (Å²) in [5.41, 5.74) is 1.50. The fourth-order valence-electron chi connectivity index (χ4n) is 1.75. The van der Waals surface area contributed by atoms with Gasteiger partial charge in [0.05, 0.1) is 0 Å². The average molecular weight is 213 g/mol. The molecule has 1 nitrogen and oxygen atoms in total. The first-order valence-corrected chi connectivity index (χ1v) is 4.58. The summed E-state index contributed by atoms with van der Waals surface area (Å²) in [6.45, 7) is 0.885. The molecule has 15 heavy (non-hydrogen) atoms. The standard InChI is InChI=1S/C11H10F3N/c1-8-6-15(7-11(12,13)14)10-5-3-2-4-9(8)10/h2-6H,7H2,1H3. The summed E-state index contributed by atoms with van der Waals surface area (Å²) in [4.78, 5) is 0. The summed E-state index contributed by atoms with van der Waals surface area (Å²) in [7, 11) is 0. The van der Waals surface area contributed by atoms with E-state index in [-0.39, 0.29) is 0 Å². The second kappa shape index (κ2) is 3.29. The molecule has 1 aromatic carbocycles. The van der Waals surface area contributed by atoms with Crippen LogP contribution in [0.3, 0.4) is 0 Å². The van der Waals surface area contributed by atoms with Gasteiger partial charge in [-0.05, 0) is 18.6 Å². The summed E-state index contributed by atoms with van der Waals surface area (Å²) in [5.74, 6) is 0. The summed E-state index contributed by atoms with van der Waals surface area (Å²) in [5, 5.41) is 0.877. The van der Waals surface area contributed by atoms with Crippen LogP contribution < -0.4 is 0 Å². The number of hydrogen-bond acceptors (Lipinski definition) is 0. The lowest BCUT2D eigenvalue weighted by Gasteiger charge is -2.08. The Balaban J connectivity index is 2.53. The summed E-state index contributed by atoms with van der Waals surface area (Å²) in [6, 6.07) is 7.10. The highest BCUT2D eigenvalue weighted by atomic mass is 19.4. The van der Waals surface area contributed by atoms with Crippen molar-refractivity contribution in [3.63, 3.8) is 0 Å². The van der Waals surface area contributed by atoms with Gasteiger partial charge < -0.3 is 4.57 Å². The average Bonchev–Trinajstić information content (AvgIpc) is 2.42. The van der Waals surface area contributed by atoms with E-state index in [9.17, 15) is 13.2 Å². The number of benzene rings is 1. The first kappa shape index (κ1) is 10.1. The van der Waals surface area contributed by atoms with Crippen LogP contribution in [0.15, 0.2) is 30.5 Å². The Labute approximate surface area is 85.1 Å². The van der Waals surface area contributed by atoms with Gasteiger partial charge in [-0.15, -0.1) is 0 Å². The molecular formula is C11H10F3N. The minimum atomic E-state index is -4.17. The monoisotopic (exact) mass is 213 g/mol. The largest absolute Gasteiger partial charge is 0.406 e. The van der Waals surface area contributed by atoms with Crippen molar-refractivity contribution < 1.29 is 13.2 Å². The highest BCUT2D eigenvalue weighted by Gasteiger charge is 2.28. The van der Waals surface area contributed by atoms with Crippen LogP contribution in [0.5, 0.6) is 0 Å². The molecule has 4 heteroatoms. The zero-order chi connectivity index (χ0) is 11.1. The molecule has 0 amide bonds. The molecule has 0 radical (unpaired) electrons. The van der Waals surface area contributed by atoms with E-state index in [1.54, 1.807) is 12.1 Å². The van der Waals surface area contributed by atoms with Gasteiger partial charge in [-0.2, -0.15) is 13.2 Å². The van der Waals surface area contributed by atoms with E-state index in [2.05, 4.69) is 0 Å². The lowest BCUT2D eigenvalue weighted by atomic mass is 10.2. The highest BCUT2D eigenvalue weighted by Crippen LogP contribution is 2.25. The predicted octanol–water partition coefficient (Wildman–Crippen LogP) is 3.51. The third-order valence-corrected chi connectivity index (χ3v) is 2.34. The number of aromatic nitrogens is 1. The van der Waals surface area contributed by atoms with Gasteiger partial charge in [0.1, 0.15) is 6.54 Å². The van der Waals surface area contributed by atoms with E-state index in [0.717, 1.165) is 10.9 Å². The molecular weight excluding hydrogens is 203 g/mol. The SMILES string of the molecule is Cc1cn(CC(F)(F)F)c2ccccc12. The summed E-state index contributed by atoms with van der Waals surface area (Å²) < 4.78 is 38.0. The molecule has 80 valence electrons. The van der Waals surface area contributed by atoms with E-state index >= 15 is 0 Å². The van der Waals surface area contributed by atoms with Gasteiger partial charge in [0.15, 0.2) is 0 Å². The topological polar surface area (TPSA) is 4.93 Å². The van der Waals surface area contributed by atoms with Gasteiger partial charge in [0.25, 0.3) is 0 Å². The minimum absolute atomic E-state index is 0.632. The van der Waals surface area contributed by atoms with E-state index in [1.165, 1.54) is 10.8 Å². The fourth-order valence-corrected chi connectivity index (χ4v) is 1.75. The summed E-state index contributed by atoms with van der Waals surface area (Å²) in [6.07, 6.45) is -2.63. The lowest BCUT2D eigenvalue weighted by Crippen LogP contribution is -2.16. The number of aryl methyl sites for hydroxylation is 1. The Hall–Kier alpha value is -1.45. The second-order valence-electron chi connectivity index (χ2n) is 3.57. The van der Waals surface area contributed by atoms with Crippen LogP contribution in [0.25, 0.3) is 10.9 Å². The molecule has 0 saturated heterocycles. The van der Waals surface area contributed by atoms with Crippen LogP contribution in [0, 0.1) is 6.92 Å². The third kappa shape index (κ3) is 1.98. The Morgan fingerprint density at radius 3 is 2.53 bits per heavy atom. The smallest absolute Gasteiger partial charge is 0.338 e. The molecule has 0 bridgehead atoms. The molecule has 0 unspecified atom stereocenters. The Bertz CT molecular complexity index is 482. The van der Waals surface area contributed by atoms with Gasteiger partial charge in [-0.3, -0.25) is 0 Å². The number of para-hydroxylation sites is 1. The molecule has 0 saturated carbocycles. The van der Waals surface area contributed by atoms with Gasteiger partial charge >= 0.3 is 6.18 Å². The zero-order valence-corrected chi connectivity index (χ0v) is 8.17. The van der Waals surface area contributed by atoms with Crippen molar-refractivity contribution in [3.8, 4) is 0 Å². The fraction of sp³-hybridized carbons (Fsp3) is 0.273. The van der Waals surface area contributed by atoms with E-state index in [4.69, 9.17) is 0 Å². The van der Waals surface area contributed by atoms with Crippen molar-refractivity contribution in [2.45, 2.75) is 19.6 Å². The van der Waals surface area contributed by atoms with Crippen LogP contribution in [0.1, 0.15) is 5.56 Å². The van der Waals surface area contributed by atoms with E-state index in [1.807, 2.05) is 19.1 Å². The van der Waals surface area contributed by atoms with Crippen molar-refractivity contribution in [1.82, 2.24) is 4.57 Å². The maximum Gasteiger partial charge on any atom is 0.406 e. The number of nitrogens with zero attached hydrogens (tertiary/aromatic N) is 1. The van der Waals surface area contributed by atoms with Crippen molar-refractivity contribution in [1.29, 1.82) is 0 Å².